The molecule has 2 aromatic rings. The van der Waals surface area contributed by atoms with E-state index in [9.17, 15) is 9.18 Å². The first-order chi connectivity index (χ1) is 11.2. The van der Waals surface area contributed by atoms with Gasteiger partial charge in [0.05, 0.1) is 5.57 Å². The number of hydrogen-bond donors (Lipinski definition) is 0. The molecular formula is C20H19FO2. The zero-order valence-corrected chi connectivity index (χ0v) is 12.9. The van der Waals surface area contributed by atoms with Crippen molar-refractivity contribution < 1.29 is 13.9 Å². The third-order valence-electron chi connectivity index (χ3n) is 3.33. The van der Waals surface area contributed by atoms with Crippen molar-refractivity contribution in [1.82, 2.24) is 0 Å². The van der Waals surface area contributed by atoms with Gasteiger partial charge in [0, 0.05) is 12.8 Å². The predicted molar refractivity (Wildman–Crippen MR) is 89.3 cm³/mol. The molecule has 3 heteroatoms. The molecule has 0 aromatic heterocycles. The summed E-state index contributed by atoms with van der Waals surface area (Å²) >= 11 is 0. The van der Waals surface area contributed by atoms with Crippen molar-refractivity contribution in [3.8, 4) is 0 Å². The molecule has 0 saturated carbocycles. The molecule has 0 fully saturated rings. The maximum absolute atomic E-state index is 14.2. The van der Waals surface area contributed by atoms with Crippen molar-refractivity contribution in [1.29, 1.82) is 0 Å². The lowest BCUT2D eigenvalue weighted by atomic mass is 10.0. The Balaban J connectivity index is 2.11. The molecule has 0 unspecified atom stereocenters. The lowest BCUT2D eigenvalue weighted by Gasteiger charge is -2.10. The summed E-state index contributed by atoms with van der Waals surface area (Å²) in [6.45, 7) is 3.64. The van der Waals surface area contributed by atoms with Crippen molar-refractivity contribution in [3.63, 3.8) is 0 Å². The number of carbonyl (C=O) groups is 1. The predicted octanol–water partition coefficient (Wildman–Crippen LogP) is 4.77. The average Bonchev–Trinajstić information content (AvgIpc) is 2.59. The number of carbonyl (C=O) groups excluding carboxylic acids is 1. The maximum atomic E-state index is 14.2. The summed E-state index contributed by atoms with van der Waals surface area (Å²) in [4.78, 5) is 12.3. The molecule has 2 aromatic carbocycles. The van der Waals surface area contributed by atoms with E-state index >= 15 is 0 Å². The summed E-state index contributed by atoms with van der Waals surface area (Å²) in [5, 5.41) is 0. The van der Waals surface area contributed by atoms with Gasteiger partial charge in [0.1, 0.15) is 12.4 Å². The van der Waals surface area contributed by atoms with Gasteiger partial charge in [-0.25, -0.2) is 9.18 Å². The highest BCUT2D eigenvalue weighted by molar-refractivity contribution is 5.89. The molecule has 0 heterocycles. The van der Waals surface area contributed by atoms with E-state index in [1.807, 2.05) is 60.7 Å². The van der Waals surface area contributed by atoms with Crippen LogP contribution in [0.2, 0.25) is 0 Å². The molecule has 2 nitrogen and oxygen atoms in total. The molecule has 0 N–H and O–H groups in total. The van der Waals surface area contributed by atoms with Gasteiger partial charge in [-0.05, 0) is 11.1 Å². The highest BCUT2D eigenvalue weighted by Crippen LogP contribution is 2.19. The Morgan fingerprint density at radius 2 is 1.57 bits per heavy atom. The lowest BCUT2D eigenvalue weighted by Crippen LogP contribution is -2.12. The fraction of sp³-hybridized carbons (Fsp3) is 0.150. The van der Waals surface area contributed by atoms with Gasteiger partial charge in [0.25, 0.3) is 0 Å². The Hall–Kier alpha value is -2.68. The lowest BCUT2D eigenvalue weighted by molar-refractivity contribution is -0.140. The number of benzene rings is 2. The van der Waals surface area contributed by atoms with Crippen LogP contribution in [0.3, 0.4) is 0 Å². The van der Waals surface area contributed by atoms with Crippen LogP contribution < -0.4 is 0 Å². The normalized spacial score (nSPS) is 11.5. The van der Waals surface area contributed by atoms with E-state index in [-0.39, 0.29) is 25.0 Å². The standard InChI is InChI=1S/C20H19FO2/c1-2-9-19(21)18(14-16-10-5-3-6-11-16)20(22)23-15-17-12-7-4-8-13-17/h2-8,10-13H,1,9,14-15H2/b19-18+. The molecule has 0 spiro atoms. The van der Waals surface area contributed by atoms with Crippen LogP contribution in [-0.2, 0) is 22.6 Å². The van der Waals surface area contributed by atoms with Crippen molar-refractivity contribution >= 4 is 5.97 Å². The SMILES string of the molecule is C=CC/C(F)=C(/Cc1ccccc1)C(=O)OCc1ccccc1. The van der Waals surface area contributed by atoms with Gasteiger partial charge in [-0.2, -0.15) is 0 Å². The molecule has 0 aliphatic heterocycles. The molecule has 0 aliphatic carbocycles. The zero-order valence-electron chi connectivity index (χ0n) is 12.9. The largest absolute Gasteiger partial charge is 0.457 e. The summed E-state index contributed by atoms with van der Waals surface area (Å²) in [6, 6.07) is 18.6. The molecule has 23 heavy (non-hydrogen) atoms. The zero-order chi connectivity index (χ0) is 16.5. The topological polar surface area (TPSA) is 26.3 Å². The van der Waals surface area contributed by atoms with Crippen LogP contribution in [0.5, 0.6) is 0 Å². The van der Waals surface area contributed by atoms with E-state index in [0.717, 1.165) is 11.1 Å². The first-order valence-corrected chi connectivity index (χ1v) is 7.44. The first kappa shape index (κ1) is 16.7. The third-order valence-corrected chi connectivity index (χ3v) is 3.33. The summed E-state index contributed by atoms with van der Waals surface area (Å²) in [5.41, 5.74) is 1.77. The van der Waals surface area contributed by atoms with Crippen LogP contribution in [0.15, 0.2) is 84.7 Å². The first-order valence-electron chi connectivity index (χ1n) is 7.44. The molecule has 0 aliphatic rings. The van der Waals surface area contributed by atoms with Gasteiger partial charge < -0.3 is 4.74 Å². The third kappa shape index (κ3) is 5.22. The number of hydrogen-bond acceptors (Lipinski definition) is 2. The van der Waals surface area contributed by atoms with E-state index in [2.05, 4.69) is 6.58 Å². The molecule has 0 saturated heterocycles. The summed E-state index contributed by atoms with van der Waals surface area (Å²) < 4.78 is 19.5. The van der Waals surface area contributed by atoms with Crippen LogP contribution in [0.25, 0.3) is 0 Å². The van der Waals surface area contributed by atoms with Gasteiger partial charge in [0.15, 0.2) is 0 Å². The number of halogens is 1. The molecule has 118 valence electrons. The smallest absolute Gasteiger partial charge is 0.337 e. The Bertz CT molecular complexity index is 675. The molecule has 2 rings (SSSR count). The van der Waals surface area contributed by atoms with Crippen LogP contribution in [0.1, 0.15) is 17.5 Å². The summed E-state index contributed by atoms with van der Waals surface area (Å²) in [7, 11) is 0. The van der Waals surface area contributed by atoms with Gasteiger partial charge >= 0.3 is 5.97 Å². The van der Waals surface area contributed by atoms with Gasteiger partial charge in [-0.1, -0.05) is 66.7 Å². The van der Waals surface area contributed by atoms with Crippen LogP contribution in [0, 0.1) is 0 Å². The molecular weight excluding hydrogens is 291 g/mol. The fourth-order valence-corrected chi connectivity index (χ4v) is 2.14. The van der Waals surface area contributed by atoms with E-state index in [1.165, 1.54) is 6.08 Å². The second-order valence-electron chi connectivity index (χ2n) is 5.10. The minimum Gasteiger partial charge on any atom is -0.457 e. The highest BCUT2D eigenvalue weighted by Gasteiger charge is 2.17. The fourth-order valence-electron chi connectivity index (χ4n) is 2.14. The minimum atomic E-state index is -0.628. The Kier molecular flexibility index (Phi) is 6.30. The van der Waals surface area contributed by atoms with Crippen molar-refractivity contribution in [3.05, 3.63) is 95.8 Å². The molecule has 0 atom stereocenters. The van der Waals surface area contributed by atoms with Crippen molar-refractivity contribution in [2.24, 2.45) is 0 Å². The van der Waals surface area contributed by atoms with E-state index < -0.39 is 11.8 Å². The van der Waals surface area contributed by atoms with Crippen LogP contribution >= 0.6 is 0 Å². The second kappa shape index (κ2) is 8.69. The van der Waals surface area contributed by atoms with E-state index in [0.29, 0.717) is 0 Å². The number of allylic oxidation sites excluding steroid dienone is 2. The minimum absolute atomic E-state index is 0.0165. The molecule has 0 bridgehead atoms. The Labute approximate surface area is 135 Å². The number of esters is 1. The van der Waals surface area contributed by atoms with Gasteiger partial charge in [-0.15, -0.1) is 6.58 Å². The average molecular weight is 310 g/mol. The van der Waals surface area contributed by atoms with Crippen molar-refractivity contribution in [2.75, 3.05) is 0 Å². The maximum Gasteiger partial charge on any atom is 0.337 e. The van der Waals surface area contributed by atoms with Crippen molar-refractivity contribution in [2.45, 2.75) is 19.4 Å². The quantitative estimate of drug-likeness (QED) is 0.418. The monoisotopic (exact) mass is 310 g/mol. The van der Waals surface area contributed by atoms with Gasteiger partial charge in [0.2, 0.25) is 0 Å². The van der Waals surface area contributed by atoms with Gasteiger partial charge in [-0.3, -0.25) is 0 Å². The molecule has 0 radical (unpaired) electrons. The summed E-state index contributed by atoms with van der Waals surface area (Å²) in [6.07, 6.45) is 1.65. The van der Waals surface area contributed by atoms with E-state index in [1.54, 1.807) is 0 Å². The molecule has 0 amide bonds. The Morgan fingerprint density at radius 1 is 1.00 bits per heavy atom. The van der Waals surface area contributed by atoms with Crippen LogP contribution in [-0.4, -0.2) is 5.97 Å². The van der Waals surface area contributed by atoms with E-state index in [4.69, 9.17) is 4.74 Å². The second-order valence-corrected chi connectivity index (χ2v) is 5.10. The number of ether oxygens (including phenoxy) is 1. The summed E-state index contributed by atoms with van der Waals surface area (Å²) in [5.74, 6) is -1.13. The Morgan fingerprint density at radius 3 is 2.13 bits per heavy atom. The number of rotatable bonds is 7. The highest BCUT2D eigenvalue weighted by atomic mass is 19.1. The van der Waals surface area contributed by atoms with Crippen LogP contribution in [0.4, 0.5) is 4.39 Å².